The number of nitrogens with zero attached hydrogens (tertiary/aromatic N) is 2. The summed E-state index contributed by atoms with van der Waals surface area (Å²) in [5.74, 6) is -0.0574. The summed E-state index contributed by atoms with van der Waals surface area (Å²) in [6.07, 6.45) is 0.906. The van der Waals surface area contributed by atoms with Crippen LogP contribution >= 0.6 is 22.9 Å². The lowest BCUT2D eigenvalue weighted by Crippen LogP contribution is -3.05. The van der Waals surface area contributed by atoms with Gasteiger partial charge in [0.15, 0.2) is 5.13 Å². The Labute approximate surface area is 163 Å². The van der Waals surface area contributed by atoms with Crippen molar-refractivity contribution in [3.8, 4) is 0 Å². The maximum Gasteiger partial charge on any atom is 0.260 e. The van der Waals surface area contributed by atoms with E-state index in [0.717, 1.165) is 33.9 Å². The Hall–Kier alpha value is -1.95. The first-order chi connectivity index (χ1) is 12.5. The molecule has 0 atom stereocenters. The molecule has 0 aliphatic heterocycles. The van der Waals surface area contributed by atoms with Gasteiger partial charge in [-0.2, -0.15) is 0 Å². The van der Waals surface area contributed by atoms with Crippen LogP contribution in [0.15, 0.2) is 42.5 Å². The van der Waals surface area contributed by atoms with E-state index in [1.54, 1.807) is 40.5 Å². The van der Waals surface area contributed by atoms with Gasteiger partial charge in [0.05, 0.1) is 30.9 Å². The Morgan fingerprint density at radius 1 is 1.23 bits per heavy atom. The highest BCUT2D eigenvalue weighted by Crippen LogP contribution is 2.31. The molecular weight excluding hydrogens is 366 g/mol. The van der Waals surface area contributed by atoms with Crippen molar-refractivity contribution in [2.45, 2.75) is 13.3 Å². The molecule has 4 nitrogen and oxygen atoms in total. The number of carbonyl (C=O) groups excluding carboxylic acids is 1. The zero-order chi connectivity index (χ0) is 18.7. The number of carbonyl (C=O) groups is 1. The zero-order valence-corrected chi connectivity index (χ0v) is 16.8. The Morgan fingerprint density at radius 2 is 2.00 bits per heavy atom. The first-order valence-electron chi connectivity index (χ1n) is 8.68. The summed E-state index contributed by atoms with van der Waals surface area (Å²) in [5, 5.41) is 1.31. The van der Waals surface area contributed by atoms with Gasteiger partial charge in [0.2, 0.25) is 0 Å². The summed E-state index contributed by atoms with van der Waals surface area (Å²) in [6.45, 7) is 3.67. The largest absolute Gasteiger partial charge is 0.340 e. The lowest BCUT2D eigenvalue weighted by Gasteiger charge is -2.20. The second-order valence-electron chi connectivity index (χ2n) is 6.70. The number of para-hydroxylation sites is 1. The fraction of sp³-hybridized carbons (Fsp3) is 0.300. The molecule has 1 N–H and O–H groups in total. The van der Waals surface area contributed by atoms with E-state index in [0.29, 0.717) is 17.1 Å². The number of quaternary nitrogens is 1. The number of hydrogen-bond acceptors (Lipinski definition) is 3. The summed E-state index contributed by atoms with van der Waals surface area (Å²) >= 11 is 7.64. The molecule has 0 saturated heterocycles. The third-order valence-electron chi connectivity index (χ3n) is 4.22. The molecule has 1 aromatic heterocycles. The average molecular weight is 389 g/mol. The molecule has 0 unspecified atom stereocenters. The van der Waals surface area contributed by atoms with E-state index < -0.39 is 0 Å². The van der Waals surface area contributed by atoms with Crippen LogP contribution in [0.2, 0.25) is 5.02 Å². The van der Waals surface area contributed by atoms with Crippen LogP contribution in [0.25, 0.3) is 10.2 Å². The molecule has 0 fully saturated rings. The van der Waals surface area contributed by atoms with Crippen molar-refractivity contribution in [2.75, 3.05) is 32.1 Å². The fourth-order valence-corrected chi connectivity index (χ4v) is 4.10. The van der Waals surface area contributed by atoms with Gasteiger partial charge in [-0.15, -0.1) is 0 Å². The summed E-state index contributed by atoms with van der Waals surface area (Å²) in [6, 6.07) is 13.2. The quantitative estimate of drug-likeness (QED) is 0.702. The number of fused-ring (bicyclic) bond motifs is 1. The lowest BCUT2D eigenvalue weighted by molar-refractivity contribution is -0.858. The van der Waals surface area contributed by atoms with Crippen molar-refractivity contribution < 1.29 is 9.69 Å². The first kappa shape index (κ1) is 18.8. The van der Waals surface area contributed by atoms with E-state index in [2.05, 4.69) is 20.2 Å². The van der Waals surface area contributed by atoms with Crippen LogP contribution in [0.1, 0.15) is 22.3 Å². The number of rotatable bonds is 6. The summed E-state index contributed by atoms with van der Waals surface area (Å²) < 4.78 is 1.10. The molecule has 0 saturated carbocycles. The topological polar surface area (TPSA) is 37.6 Å². The molecule has 0 aliphatic carbocycles. The number of anilines is 1. The van der Waals surface area contributed by atoms with Crippen LogP contribution in [0.3, 0.4) is 0 Å². The maximum atomic E-state index is 13.2. The molecule has 0 radical (unpaired) electrons. The smallest absolute Gasteiger partial charge is 0.260 e. The van der Waals surface area contributed by atoms with Gasteiger partial charge in [0.1, 0.15) is 0 Å². The monoisotopic (exact) mass is 388 g/mol. The van der Waals surface area contributed by atoms with Gasteiger partial charge in [-0.3, -0.25) is 9.69 Å². The molecule has 3 aromatic rings. The van der Waals surface area contributed by atoms with Gasteiger partial charge in [0, 0.05) is 23.6 Å². The summed E-state index contributed by atoms with van der Waals surface area (Å²) in [7, 11) is 4.23. The predicted molar refractivity (Wildman–Crippen MR) is 110 cm³/mol. The molecule has 1 heterocycles. The van der Waals surface area contributed by atoms with Gasteiger partial charge >= 0.3 is 0 Å². The predicted octanol–water partition coefficient (Wildman–Crippen LogP) is 3.44. The molecule has 2 aromatic carbocycles. The van der Waals surface area contributed by atoms with Crippen molar-refractivity contribution in [2.24, 2.45) is 0 Å². The van der Waals surface area contributed by atoms with Crippen LogP contribution < -0.4 is 9.80 Å². The minimum absolute atomic E-state index is 0.0574. The zero-order valence-electron chi connectivity index (χ0n) is 15.3. The molecule has 136 valence electrons. The van der Waals surface area contributed by atoms with E-state index >= 15 is 0 Å². The van der Waals surface area contributed by atoms with Crippen LogP contribution in [-0.4, -0.2) is 38.1 Å². The number of halogens is 1. The summed E-state index contributed by atoms with van der Waals surface area (Å²) in [5.41, 5.74) is 2.68. The van der Waals surface area contributed by atoms with Crippen molar-refractivity contribution in [1.82, 2.24) is 4.98 Å². The standard InChI is InChI=1S/C20H22ClN3OS/c1-14-7-4-10-17-18(14)22-20(26-17)24(12-6-11-23(2)3)19(25)15-8-5-9-16(21)13-15/h4-5,7-10,13H,6,11-12H2,1-3H3/p+1. The third kappa shape index (κ3) is 4.23. The molecule has 0 bridgehead atoms. The van der Waals surface area contributed by atoms with Gasteiger partial charge in [-0.1, -0.05) is 41.1 Å². The Morgan fingerprint density at radius 3 is 2.69 bits per heavy atom. The van der Waals surface area contributed by atoms with E-state index in [1.165, 1.54) is 4.90 Å². The highest BCUT2D eigenvalue weighted by molar-refractivity contribution is 7.22. The fourth-order valence-electron chi connectivity index (χ4n) is 2.84. The number of benzene rings is 2. The van der Waals surface area contributed by atoms with Gasteiger partial charge in [-0.05, 0) is 36.8 Å². The molecule has 26 heavy (non-hydrogen) atoms. The van der Waals surface area contributed by atoms with Crippen LogP contribution in [-0.2, 0) is 0 Å². The van der Waals surface area contributed by atoms with Crippen molar-refractivity contribution in [3.05, 3.63) is 58.6 Å². The SMILES string of the molecule is Cc1cccc2sc(N(CCC[NH+](C)C)C(=O)c3cccc(Cl)c3)nc12. The normalized spacial score (nSPS) is 11.3. The van der Waals surface area contributed by atoms with E-state index in [1.807, 2.05) is 19.1 Å². The van der Waals surface area contributed by atoms with Crippen LogP contribution in [0.5, 0.6) is 0 Å². The Kier molecular flexibility index (Phi) is 5.91. The van der Waals surface area contributed by atoms with E-state index in [9.17, 15) is 4.79 Å². The minimum Gasteiger partial charge on any atom is -0.340 e. The molecule has 3 rings (SSSR count). The highest BCUT2D eigenvalue weighted by Gasteiger charge is 2.22. The number of hydrogen-bond donors (Lipinski definition) is 1. The van der Waals surface area contributed by atoms with Gasteiger partial charge in [-0.25, -0.2) is 4.98 Å². The Balaban J connectivity index is 1.96. The molecule has 1 amide bonds. The van der Waals surface area contributed by atoms with Crippen LogP contribution in [0.4, 0.5) is 5.13 Å². The number of aryl methyl sites for hydroxylation is 1. The number of nitrogens with one attached hydrogen (secondary N) is 1. The average Bonchev–Trinajstić information content (AvgIpc) is 3.03. The van der Waals surface area contributed by atoms with E-state index in [4.69, 9.17) is 16.6 Å². The van der Waals surface area contributed by atoms with Gasteiger partial charge in [0.25, 0.3) is 5.91 Å². The second-order valence-corrected chi connectivity index (χ2v) is 8.14. The maximum absolute atomic E-state index is 13.2. The molecule has 0 spiro atoms. The van der Waals surface area contributed by atoms with Crippen molar-refractivity contribution in [1.29, 1.82) is 0 Å². The van der Waals surface area contributed by atoms with Crippen molar-refractivity contribution >= 4 is 44.2 Å². The molecular formula is C20H23ClN3OS+. The number of thiazole rings is 1. The molecule has 0 aliphatic rings. The van der Waals surface area contributed by atoms with Crippen molar-refractivity contribution in [3.63, 3.8) is 0 Å². The number of amides is 1. The van der Waals surface area contributed by atoms with Crippen LogP contribution in [0, 0.1) is 6.92 Å². The first-order valence-corrected chi connectivity index (χ1v) is 9.88. The van der Waals surface area contributed by atoms with E-state index in [-0.39, 0.29) is 5.91 Å². The lowest BCUT2D eigenvalue weighted by atomic mass is 10.2. The summed E-state index contributed by atoms with van der Waals surface area (Å²) in [4.78, 5) is 21.1. The Bertz CT molecular complexity index is 922. The molecule has 6 heteroatoms. The highest BCUT2D eigenvalue weighted by atomic mass is 35.5. The second kappa shape index (κ2) is 8.16. The minimum atomic E-state index is -0.0574. The number of aromatic nitrogens is 1. The third-order valence-corrected chi connectivity index (χ3v) is 5.49. The van der Waals surface area contributed by atoms with Gasteiger partial charge < -0.3 is 4.90 Å².